The minimum absolute atomic E-state index is 0.266. The molecule has 0 bridgehead atoms. The van der Waals surface area contributed by atoms with Crippen LogP contribution >= 0.6 is 11.6 Å². The molecule has 1 N–H and O–H groups in total. The van der Waals surface area contributed by atoms with Crippen LogP contribution < -0.4 is 5.32 Å². The normalized spacial score (nSPS) is 12.6. The summed E-state index contributed by atoms with van der Waals surface area (Å²) in [6, 6.07) is 6.51. The van der Waals surface area contributed by atoms with Gasteiger partial charge in [0.25, 0.3) is 0 Å². The monoisotopic (exact) mass is 305 g/mol. The zero-order valence-corrected chi connectivity index (χ0v) is 13.8. The van der Waals surface area contributed by atoms with E-state index in [0.717, 1.165) is 47.9 Å². The van der Waals surface area contributed by atoms with Crippen LogP contribution in [0, 0.1) is 0 Å². The van der Waals surface area contributed by atoms with Gasteiger partial charge in [0.2, 0.25) is 0 Å². The lowest BCUT2D eigenvalue weighted by Gasteiger charge is -2.16. The van der Waals surface area contributed by atoms with E-state index in [1.54, 1.807) is 0 Å². The number of benzene rings is 1. The number of aryl methyl sites for hydroxylation is 1. The number of hydrogen-bond donors (Lipinski definition) is 1. The third kappa shape index (κ3) is 3.86. The zero-order valence-electron chi connectivity index (χ0n) is 13.1. The second kappa shape index (κ2) is 7.62. The summed E-state index contributed by atoms with van der Waals surface area (Å²) >= 11 is 6.47. The molecule has 1 heterocycles. The number of hydrogen-bond acceptors (Lipinski definition) is 2. The average molecular weight is 306 g/mol. The lowest BCUT2D eigenvalue weighted by atomic mass is 10.1. The maximum atomic E-state index is 6.47. The molecule has 0 fully saturated rings. The third-order valence-corrected chi connectivity index (χ3v) is 3.93. The van der Waals surface area contributed by atoms with Crippen LogP contribution in [0.15, 0.2) is 30.6 Å². The number of nitrogens with zero attached hydrogens (tertiary/aromatic N) is 2. The molecular formula is C17H24ClN3. The van der Waals surface area contributed by atoms with Crippen molar-refractivity contribution in [1.82, 2.24) is 14.9 Å². The molecule has 2 aromatic rings. The van der Waals surface area contributed by atoms with Gasteiger partial charge in [0, 0.05) is 35.6 Å². The molecule has 0 saturated carbocycles. The summed E-state index contributed by atoms with van der Waals surface area (Å²) in [6.45, 7) is 8.46. The lowest BCUT2D eigenvalue weighted by Crippen LogP contribution is -2.19. The Kier molecular flexibility index (Phi) is 5.83. The summed E-state index contributed by atoms with van der Waals surface area (Å²) in [5.74, 6) is 0.986. The summed E-state index contributed by atoms with van der Waals surface area (Å²) in [7, 11) is 0. The topological polar surface area (TPSA) is 29.9 Å². The Labute approximate surface area is 132 Å². The molecule has 1 atom stereocenters. The van der Waals surface area contributed by atoms with Crippen molar-refractivity contribution in [1.29, 1.82) is 0 Å². The highest BCUT2D eigenvalue weighted by molar-refractivity contribution is 6.31. The molecule has 1 unspecified atom stereocenters. The molecule has 0 aliphatic carbocycles. The second-order valence-corrected chi connectivity index (χ2v) is 5.76. The molecule has 21 heavy (non-hydrogen) atoms. The highest BCUT2D eigenvalue weighted by Crippen LogP contribution is 2.28. The number of imidazole rings is 1. The Morgan fingerprint density at radius 1 is 1.29 bits per heavy atom. The molecule has 0 saturated heterocycles. The van der Waals surface area contributed by atoms with Crippen molar-refractivity contribution in [3.05, 3.63) is 41.2 Å². The summed E-state index contributed by atoms with van der Waals surface area (Å²) in [4.78, 5) is 4.46. The maximum Gasteiger partial charge on any atom is 0.139 e. The zero-order chi connectivity index (χ0) is 15.2. The molecule has 1 aromatic heterocycles. The van der Waals surface area contributed by atoms with Gasteiger partial charge in [0.1, 0.15) is 5.82 Å². The SMILES string of the molecule is CCCNC(C)c1ccc(-c2nccn2CCC)cc1Cl. The Balaban J connectivity index is 2.24. The van der Waals surface area contributed by atoms with Gasteiger partial charge in [-0.05, 0) is 37.9 Å². The van der Waals surface area contributed by atoms with E-state index in [2.05, 4.69) is 47.8 Å². The highest BCUT2D eigenvalue weighted by Gasteiger charge is 2.12. The third-order valence-electron chi connectivity index (χ3n) is 3.61. The van der Waals surface area contributed by atoms with Gasteiger partial charge < -0.3 is 9.88 Å². The van der Waals surface area contributed by atoms with Gasteiger partial charge in [-0.25, -0.2) is 4.98 Å². The maximum absolute atomic E-state index is 6.47. The number of aromatic nitrogens is 2. The molecule has 0 spiro atoms. The predicted octanol–water partition coefficient (Wildman–Crippen LogP) is 4.67. The first-order valence-electron chi connectivity index (χ1n) is 7.71. The van der Waals surface area contributed by atoms with E-state index in [1.807, 2.05) is 18.5 Å². The molecule has 4 heteroatoms. The van der Waals surface area contributed by atoms with E-state index in [0.29, 0.717) is 0 Å². The van der Waals surface area contributed by atoms with Gasteiger partial charge in [0.15, 0.2) is 0 Å². The van der Waals surface area contributed by atoms with E-state index >= 15 is 0 Å². The van der Waals surface area contributed by atoms with Crippen LogP contribution in [-0.4, -0.2) is 16.1 Å². The average Bonchev–Trinajstić information content (AvgIpc) is 2.93. The first-order chi connectivity index (χ1) is 10.2. The smallest absolute Gasteiger partial charge is 0.139 e. The second-order valence-electron chi connectivity index (χ2n) is 5.36. The van der Waals surface area contributed by atoms with Crippen molar-refractivity contribution in [2.24, 2.45) is 0 Å². The molecule has 1 aromatic carbocycles. The summed E-state index contributed by atoms with van der Waals surface area (Å²) in [5, 5.41) is 4.27. The standard InChI is InChI=1S/C17H24ClN3/c1-4-8-19-13(3)15-7-6-14(12-16(15)18)17-20-9-11-21(17)10-5-2/h6-7,9,11-13,19H,4-5,8,10H2,1-3H3. The highest BCUT2D eigenvalue weighted by atomic mass is 35.5. The van der Waals surface area contributed by atoms with Gasteiger partial charge in [-0.1, -0.05) is 37.6 Å². The van der Waals surface area contributed by atoms with Gasteiger partial charge in [-0.3, -0.25) is 0 Å². The molecule has 0 radical (unpaired) electrons. The van der Waals surface area contributed by atoms with Gasteiger partial charge >= 0.3 is 0 Å². The minimum atomic E-state index is 0.266. The molecule has 0 aliphatic rings. The van der Waals surface area contributed by atoms with Crippen LogP contribution in [0.2, 0.25) is 5.02 Å². The number of rotatable bonds is 7. The summed E-state index contributed by atoms with van der Waals surface area (Å²) in [5.41, 5.74) is 2.22. The van der Waals surface area contributed by atoms with E-state index in [4.69, 9.17) is 11.6 Å². The Hall–Kier alpha value is -1.32. The predicted molar refractivity (Wildman–Crippen MR) is 89.7 cm³/mol. The number of halogens is 1. The lowest BCUT2D eigenvalue weighted by molar-refractivity contribution is 0.571. The van der Waals surface area contributed by atoms with Crippen molar-refractivity contribution >= 4 is 11.6 Å². The number of nitrogens with one attached hydrogen (secondary N) is 1. The van der Waals surface area contributed by atoms with E-state index < -0.39 is 0 Å². The molecule has 3 nitrogen and oxygen atoms in total. The van der Waals surface area contributed by atoms with Crippen LogP contribution in [0.4, 0.5) is 0 Å². The first kappa shape index (κ1) is 16.1. The van der Waals surface area contributed by atoms with Crippen LogP contribution in [0.5, 0.6) is 0 Å². The first-order valence-corrected chi connectivity index (χ1v) is 8.09. The summed E-state index contributed by atoms with van der Waals surface area (Å²) in [6.07, 6.45) is 6.08. The van der Waals surface area contributed by atoms with Crippen molar-refractivity contribution < 1.29 is 0 Å². The van der Waals surface area contributed by atoms with Crippen LogP contribution in [0.25, 0.3) is 11.4 Å². The van der Waals surface area contributed by atoms with Crippen LogP contribution in [-0.2, 0) is 6.54 Å². The van der Waals surface area contributed by atoms with Crippen molar-refractivity contribution in [3.63, 3.8) is 0 Å². The van der Waals surface area contributed by atoms with Crippen molar-refractivity contribution in [2.45, 2.75) is 46.2 Å². The van der Waals surface area contributed by atoms with Crippen LogP contribution in [0.1, 0.15) is 45.2 Å². The van der Waals surface area contributed by atoms with Crippen LogP contribution in [0.3, 0.4) is 0 Å². The minimum Gasteiger partial charge on any atom is -0.331 e. The Morgan fingerprint density at radius 2 is 2.10 bits per heavy atom. The van der Waals surface area contributed by atoms with E-state index in [9.17, 15) is 0 Å². The fourth-order valence-electron chi connectivity index (χ4n) is 2.48. The van der Waals surface area contributed by atoms with E-state index in [-0.39, 0.29) is 6.04 Å². The molecule has 0 amide bonds. The van der Waals surface area contributed by atoms with Crippen molar-refractivity contribution in [2.75, 3.05) is 6.54 Å². The van der Waals surface area contributed by atoms with Crippen molar-refractivity contribution in [3.8, 4) is 11.4 Å². The van der Waals surface area contributed by atoms with Gasteiger partial charge in [-0.2, -0.15) is 0 Å². The fraction of sp³-hybridized carbons (Fsp3) is 0.471. The molecule has 114 valence electrons. The van der Waals surface area contributed by atoms with Gasteiger partial charge in [0.05, 0.1) is 0 Å². The van der Waals surface area contributed by atoms with E-state index in [1.165, 1.54) is 0 Å². The molecule has 2 rings (SSSR count). The largest absolute Gasteiger partial charge is 0.331 e. The Morgan fingerprint density at radius 3 is 2.76 bits per heavy atom. The Bertz CT molecular complexity index is 577. The fourth-order valence-corrected chi connectivity index (χ4v) is 2.82. The quantitative estimate of drug-likeness (QED) is 0.805. The molecular weight excluding hydrogens is 282 g/mol. The molecule has 0 aliphatic heterocycles. The van der Waals surface area contributed by atoms with Gasteiger partial charge in [-0.15, -0.1) is 0 Å². The summed E-state index contributed by atoms with van der Waals surface area (Å²) < 4.78 is 2.17.